The molecule has 0 radical (unpaired) electrons. The quantitative estimate of drug-likeness (QED) is 0.556. The van der Waals surface area contributed by atoms with Gasteiger partial charge < -0.3 is 31.1 Å². The Bertz CT molecular complexity index is 359. The number of aliphatic hydroxyl groups is 2. The van der Waals surface area contributed by atoms with Crippen LogP contribution in [0.25, 0.3) is 0 Å². The highest BCUT2D eigenvalue weighted by atomic mass is 16.7. The molecule has 0 bridgehead atoms. The third kappa shape index (κ3) is 4.92. The number of aliphatic hydroxyl groups excluding tert-OH is 1. The summed E-state index contributed by atoms with van der Waals surface area (Å²) in [5.74, 6) is -4.47. The van der Waals surface area contributed by atoms with Crippen molar-refractivity contribution in [3.05, 3.63) is 0 Å². The lowest BCUT2D eigenvalue weighted by Crippen LogP contribution is -2.56. The highest BCUT2D eigenvalue weighted by Gasteiger charge is 2.48. The summed E-state index contributed by atoms with van der Waals surface area (Å²) in [5.41, 5.74) is 0. The second-order valence-corrected chi connectivity index (χ2v) is 5.11. The number of hydrogen-bond acceptors (Lipinski definition) is 5. The predicted octanol–water partition coefficient (Wildman–Crippen LogP) is 0.324. The van der Waals surface area contributed by atoms with Gasteiger partial charge in [0, 0.05) is 25.9 Å². The summed E-state index contributed by atoms with van der Waals surface area (Å²) in [4.78, 5) is 24.9. The third-order valence-electron chi connectivity index (χ3n) is 3.24. The molecule has 0 aromatic rings. The molecule has 21 heavy (non-hydrogen) atoms. The second kappa shape index (κ2) is 8.28. The summed E-state index contributed by atoms with van der Waals surface area (Å²) < 4.78 is 5.05. The minimum Gasteiger partial charge on any atom is -0.477 e. The summed E-state index contributed by atoms with van der Waals surface area (Å²) in [7, 11) is 0. The van der Waals surface area contributed by atoms with Gasteiger partial charge in [0.1, 0.15) is 6.10 Å². The molecule has 3 atom stereocenters. The zero-order chi connectivity index (χ0) is 15.3. The molecule has 1 aliphatic heterocycles. The highest BCUT2D eigenvalue weighted by molar-refractivity contribution is 5.82. The van der Waals surface area contributed by atoms with Crippen molar-refractivity contribution < 1.29 is 29.6 Å². The first-order valence-electron chi connectivity index (χ1n) is 6.94. The van der Waals surface area contributed by atoms with Crippen LogP contribution in [0.5, 0.6) is 0 Å². The summed E-state index contributed by atoms with van der Waals surface area (Å²) >= 11 is 0. The zero-order valence-electron chi connectivity index (χ0n) is 12.9. The molecule has 1 heterocycles. The van der Waals surface area contributed by atoms with Crippen molar-refractivity contribution in [2.45, 2.75) is 57.5 Å². The molecule has 7 N–H and O–H groups in total. The van der Waals surface area contributed by atoms with Crippen molar-refractivity contribution in [1.29, 1.82) is 0 Å². The van der Waals surface area contributed by atoms with E-state index in [2.05, 4.69) is 0 Å². The van der Waals surface area contributed by atoms with Crippen molar-refractivity contribution in [3.63, 3.8) is 0 Å². The number of nitrogens with zero attached hydrogens (tertiary/aromatic N) is 1. The molecule has 1 fully saturated rings. The highest BCUT2D eigenvalue weighted by Crippen LogP contribution is 2.28. The first kappa shape index (κ1) is 19.8. The first-order valence-corrected chi connectivity index (χ1v) is 6.94. The van der Waals surface area contributed by atoms with E-state index in [0.717, 1.165) is 12.8 Å². The summed E-state index contributed by atoms with van der Waals surface area (Å²) in [6, 6.07) is 0. The van der Waals surface area contributed by atoms with Crippen molar-refractivity contribution in [1.82, 2.24) is 11.1 Å². The number of carbonyl (C=O) groups is 2. The number of quaternary nitrogens is 1. The van der Waals surface area contributed by atoms with E-state index in [9.17, 15) is 19.8 Å². The number of carbonyl (C=O) groups excluding carboxylic acids is 1. The molecule has 1 aliphatic rings. The molecule has 0 aliphatic carbocycles. The van der Waals surface area contributed by atoms with E-state index >= 15 is 0 Å². The Hall–Kier alpha value is -1.22. The smallest absolute Gasteiger partial charge is 0.364 e. The van der Waals surface area contributed by atoms with E-state index in [1.54, 1.807) is 4.90 Å². The van der Waals surface area contributed by atoms with Crippen LogP contribution in [0.3, 0.4) is 0 Å². The van der Waals surface area contributed by atoms with Crippen molar-refractivity contribution in [2.75, 3.05) is 13.1 Å². The van der Waals surface area contributed by atoms with Gasteiger partial charge in [-0.1, -0.05) is 13.8 Å². The minimum absolute atomic E-state index is 0. The Labute approximate surface area is 124 Å². The lowest BCUT2D eigenvalue weighted by atomic mass is 9.97. The molecule has 3 unspecified atom stereocenters. The van der Waals surface area contributed by atoms with Gasteiger partial charge >= 0.3 is 5.97 Å². The first-order chi connectivity index (χ1) is 9.34. The van der Waals surface area contributed by atoms with Gasteiger partial charge in [-0.15, -0.1) is 0 Å². The van der Waals surface area contributed by atoms with Gasteiger partial charge in [0.25, 0.3) is 11.7 Å². The zero-order valence-corrected chi connectivity index (χ0v) is 12.9. The van der Waals surface area contributed by atoms with Crippen LogP contribution in [0.1, 0.15) is 39.5 Å². The lowest BCUT2D eigenvalue weighted by Gasteiger charge is -2.37. The number of hydrogen-bond donors (Lipinski definition) is 4. The van der Waals surface area contributed by atoms with Crippen LogP contribution in [-0.4, -0.2) is 63.2 Å². The fraction of sp³-hybridized carbons (Fsp3) is 0.846. The van der Waals surface area contributed by atoms with E-state index in [1.165, 1.54) is 0 Å². The Kier molecular flexibility index (Phi) is 7.80. The molecule has 0 aromatic heterocycles. The average Bonchev–Trinajstić information content (AvgIpc) is 2.36. The van der Waals surface area contributed by atoms with Gasteiger partial charge in [-0.3, -0.25) is 4.79 Å². The maximum Gasteiger partial charge on any atom is 0.364 e. The van der Waals surface area contributed by atoms with E-state index in [4.69, 9.17) is 9.84 Å². The van der Waals surface area contributed by atoms with Crippen LogP contribution >= 0.6 is 0 Å². The Morgan fingerprint density at radius 1 is 1.29 bits per heavy atom. The number of ether oxygens (including phenoxy) is 1. The van der Waals surface area contributed by atoms with Gasteiger partial charge in [0.05, 0.1) is 6.10 Å². The van der Waals surface area contributed by atoms with Crippen molar-refractivity contribution in [2.24, 2.45) is 0 Å². The molecule has 8 nitrogen and oxygen atoms in total. The molecule has 1 rings (SSSR count). The topological polar surface area (TPSA) is 144 Å². The Balaban J connectivity index is 0.00000400. The molecular formula is C13H27N2O6+. The maximum atomic E-state index is 12.3. The van der Waals surface area contributed by atoms with Gasteiger partial charge in [0.2, 0.25) is 0 Å². The van der Waals surface area contributed by atoms with Crippen molar-refractivity contribution >= 4 is 11.9 Å². The van der Waals surface area contributed by atoms with Crippen molar-refractivity contribution in [3.8, 4) is 0 Å². The van der Waals surface area contributed by atoms with E-state index in [0.29, 0.717) is 13.1 Å². The lowest BCUT2D eigenvalue weighted by molar-refractivity contribution is -0.268. The molecule has 0 aromatic carbocycles. The monoisotopic (exact) mass is 307 g/mol. The second-order valence-electron chi connectivity index (χ2n) is 5.11. The van der Waals surface area contributed by atoms with E-state index in [-0.39, 0.29) is 18.5 Å². The van der Waals surface area contributed by atoms with Crippen LogP contribution in [0, 0.1) is 0 Å². The molecule has 1 saturated heterocycles. The normalized spacial score (nSPS) is 28.6. The van der Waals surface area contributed by atoms with Crippen LogP contribution in [-0.2, 0) is 14.3 Å². The Morgan fingerprint density at radius 2 is 1.81 bits per heavy atom. The van der Waals surface area contributed by atoms with Crippen LogP contribution in [0.15, 0.2) is 0 Å². The standard InChI is InChI=1S/C13H23NO6.H3N/c1-3-5-14(6-4-2)11(16)10-7-9(15)8-13(19,20-10)12(17)18;/h9-10,15,19H,3-8H2,1-2H3,(H,17,18);1H3/p+1. The molecule has 0 spiro atoms. The molecule has 124 valence electrons. The average molecular weight is 307 g/mol. The van der Waals surface area contributed by atoms with Gasteiger partial charge in [-0.05, 0) is 12.8 Å². The summed E-state index contributed by atoms with van der Waals surface area (Å²) in [5, 5.41) is 28.5. The number of aliphatic carboxylic acids is 1. The minimum atomic E-state index is -2.50. The molecule has 0 saturated carbocycles. The van der Waals surface area contributed by atoms with Gasteiger partial charge in [0.15, 0.2) is 0 Å². The number of rotatable bonds is 6. The summed E-state index contributed by atoms with van der Waals surface area (Å²) in [6.45, 7) is 4.93. The van der Waals surface area contributed by atoms with E-state index < -0.39 is 30.4 Å². The summed E-state index contributed by atoms with van der Waals surface area (Å²) in [6.07, 6.45) is -1.11. The van der Waals surface area contributed by atoms with Gasteiger partial charge in [-0.25, -0.2) is 4.79 Å². The molecule has 8 heteroatoms. The maximum absolute atomic E-state index is 12.3. The van der Waals surface area contributed by atoms with E-state index in [1.807, 2.05) is 13.8 Å². The number of carboxylic acid groups (broad SMARTS) is 1. The number of amides is 1. The Morgan fingerprint density at radius 3 is 2.24 bits per heavy atom. The van der Waals surface area contributed by atoms with Crippen LogP contribution in [0.4, 0.5) is 0 Å². The van der Waals surface area contributed by atoms with Crippen LogP contribution in [0.2, 0.25) is 0 Å². The molecular weight excluding hydrogens is 280 g/mol. The SMILES string of the molecule is CCCN(CCC)C(=O)C1CC(O)CC(O)(C(=O)O)O1.[NH4+]. The largest absolute Gasteiger partial charge is 0.477 e. The van der Waals surface area contributed by atoms with Gasteiger partial charge in [-0.2, -0.15) is 0 Å². The number of carboxylic acids is 1. The predicted molar refractivity (Wildman–Crippen MR) is 75.8 cm³/mol. The fourth-order valence-corrected chi connectivity index (χ4v) is 2.35. The van der Waals surface area contributed by atoms with Crippen LogP contribution < -0.4 is 6.15 Å². The third-order valence-corrected chi connectivity index (χ3v) is 3.24. The fourth-order valence-electron chi connectivity index (χ4n) is 2.35. The molecule has 1 amide bonds.